The largest absolute Gasteiger partial charge is 0.361 e. The predicted molar refractivity (Wildman–Crippen MR) is 54.1 cm³/mol. The molecule has 0 bridgehead atoms. The van der Waals surface area contributed by atoms with Crippen molar-refractivity contribution >= 4 is 6.29 Å². The molecular formula is C11H17NO2. The van der Waals surface area contributed by atoms with Crippen LogP contribution in [0.1, 0.15) is 39.1 Å². The molecule has 1 aromatic heterocycles. The summed E-state index contributed by atoms with van der Waals surface area (Å²) in [5.41, 5.74) is 0.838. The molecule has 0 N–H and O–H groups in total. The summed E-state index contributed by atoms with van der Waals surface area (Å²) >= 11 is 0. The normalized spacial score (nSPS) is 14.0. The molecule has 0 aliphatic heterocycles. The lowest BCUT2D eigenvalue weighted by molar-refractivity contribution is -0.110. The highest BCUT2D eigenvalue weighted by atomic mass is 16.5. The van der Waals surface area contributed by atoms with E-state index in [1.54, 1.807) is 0 Å². The van der Waals surface area contributed by atoms with E-state index in [-0.39, 0.29) is 11.3 Å². The fourth-order valence-corrected chi connectivity index (χ4v) is 1.14. The molecule has 0 radical (unpaired) electrons. The van der Waals surface area contributed by atoms with Crippen LogP contribution < -0.4 is 0 Å². The zero-order chi connectivity index (χ0) is 10.8. The van der Waals surface area contributed by atoms with E-state index in [2.05, 4.69) is 25.9 Å². The van der Waals surface area contributed by atoms with Gasteiger partial charge < -0.3 is 9.32 Å². The number of carbonyl (C=O) groups is 1. The second kappa shape index (κ2) is 3.95. The Balaban J connectivity index is 2.73. The number of rotatable bonds is 3. The molecule has 0 saturated carbocycles. The van der Waals surface area contributed by atoms with Gasteiger partial charge in [-0.25, -0.2) is 0 Å². The molecule has 1 atom stereocenters. The maximum atomic E-state index is 10.5. The second-order valence-electron chi connectivity index (χ2n) is 4.75. The standard InChI is InChI=1S/C11H17NO2/c1-8(7-13)5-9-6-10(14-12-9)11(2,3)4/h6-8H,5H2,1-4H3. The van der Waals surface area contributed by atoms with Gasteiger partial charge in [-0.15, -0.1) is 0 Å². The molecule has 0 aliphatic rings. The van der Waals surface area contributed by atoms with E-state index in [1.165, 1.54) is 0 Å². The smallest absolute Gasteiger partial charge is 0.142 e. The van der Waals surface area contributed by atoms with Crippen molar-refractivity contribution in [2.75, 3.05) is 0 Å². The number of aromatic nitrogens is 1. The van der Waals surface area contributed by atoms with Gasteiger partial charge in [0.05, 0.1) is 5.69 Å². The molecule has 0 amide bonds. The highest BCUT2D eigenvalue weighted by Crippen LogP contribution is 2.23. The van der Waals surface area contributed by atoms with Crippen LogP contribution >= 0.6 is 0 Å². The van der Waals surface area contributed by atoms with E-state index in [9.17, 15) is 4.79 Å². The van der Waals surface area contributed by atoms with Gasteiger partial charge >= 0.3 is 0 Å². The Morgan fingerprint density at radius 1 is 1.57 bits per heavy atom. The number of hydrogen-bond donors (Lipinski definition) is 0. The van der Waals surface area contributed by atoms with Gasteiger partial charge in [0.1, 0.15) is 12.0 Å². The van der Waals surface area contributed by atoms with E-state index in [0.717, 1.165) is 17.7 Å². The summed E-state index contributed by atoms with van der Waals surface area (Å²) < 4.78 is 5.21. The summed E-state index contributed by atoms with van der Waals surface area (Å²) in [6.07, 6.45) is 1.59. The lowest BCUT2D eigenvalue weighted by Gasteiger charge is -2.12. The second-order valence-corrected chi connectivity index (χ2v) is 4.75. The Hall–Kier alpha value is -1.12. The van der Waals surface area contributed by atoms with Gasteiger partial charge in [0.25, 0.3) is 0 Å². The van der Waals surface area contributed by atoms with Crippen LogP contribution in [0.15, 0.2) is 10.6 Å². The Labute approximate surface area is 84.5 Å². The fraction of sp³-hybridized carbons (Fsp3) is 0.636. The molecule has 78 valence electrons. The van der Waals surface area contributed by atoms with Crippen LogP contribution in [0.25, 0.3) is 0 Å². The zero-order valence-corrected chi connectivity index (χ0v) is 9.20. The third kappa shape index (κ3) is 2.69. The van der Waals surface area contributed by atoms with Gasteiger partial charge in [-0.3, -0.25) is 0 Å². The minimum atomic E-state index is -0.0182. The Kier molecular flexibility index (Phi) is 3.09. The van der Waals surface area contributed by atoms with Gasteiger partial charge in [-0.05, 0) is 0 Å². The van der Waals surface area contributed by atoms with Crippen LogP contribution in [0.5, 0.6) is 0 Å². The van der Waals surface area contributed by atoms with Crippen molar-refractivity contribution in [3.63, 3.8) is 0 Å². The number of aldehydes is 1. The fourth-order valence-electron chi connectivity index (χ4n) is 1.14. The first-order chi connectivity index (χ1) is 6.43. The molecule has 0 fully saturated rings. The minimum absolute atomic E-state index is 0.00733. The number of carbonyl (C=O) groups excluding carboxylic acids is 1. The maximum absolute atomic E-state index is 10.5. The Morgan fingerprint density at radius 2 is 2.21 bits per heavy atom. The summed E-state index contributed by atoms with van der Waals surface area (Å²) in [6.45, 7) is 8.08. The van der Waals surface area contributed by atoms with Crippen molar-refractivity contribution in [3.8, 4) is 0 Å². The molecule has 0 saturated heterocycles. The third-order valence-corrected chi connectivity index (χ3v) is 2.06. The first kappa shape index (κ1) is 11.0. The molecule has 1 unspecified atom stereocenters. The number of hydrogen-bond acceptors (Lipinski definition) is 3. The lowest BCUT2D eigenvalue weighted by atomic mass is 9.93. The van der Waals surface area contributed by atoms with E-state index < -0.39 is 0 Å². The summed E-state index contributed by atoms with van der Waals surface area (Å²) in [4.78, 5) is 10.5. The molecule has 3 heteroatoms. The SMILES string of the molecule is CC(C=O)Cc1cc(C(C)(C)C)on1. The van der Waals surface area contributed by atoms with E-state index in [0.29, 0.717) is 6.42 Å². The Bertz CT molecular complexity index is 309. The maximum Gasteiger partial charge on any atom is 0.142 e. The van der Waals surface area contributed by atoms with E-state index >= 15 is 0 Å². The van der Waals surface area contributed by atoms with Crippen LogP contribution in [-0.4, -0.2) is 11.4 Å². The van der Waals surface area contributed by atoms with Crippen molar-refractivity contribution in [2.24, 2.45) is 5.92 Å². The molecule has 0 spiro atoms. The highest BCUT2D eigenvalue weighted by Gasteiger charge is 2.19. The average molecular weight is 195 g/mol. The molecule has 1 aromatic rings. The topological polar surface area (TPSA) is 43.1 Å². The van der Waals surface area contributed by atoms with E-state index in [1.807, 2.05) is 13.0 Å². The molecule has 3 nitrogen and oxygen atoms in total. The van der Waals surface area contributed by atoms with Crippen molar-refractivity contribution < 1.29 is 9.32 Å². The molecule has 0 aliphatic carbocycles. The monoisotopic (exact) mass is 195 g/mol. The highest BCUT2D eigenvalue weighted by molar-refractivity contribution is 5.53. The lowest BCUT2D eigenvalue weighted by Crippen LogP contribution is -2.09. The van der Waals surface area contributed by atoms with Crippen molar-refractivity contribution in [1.82, 2.24) is 5.16 Å². The average Bonchev–Trinajstić information content (AvgIpc) is 2.51. The van der Waals surface area contributed by atoms with Crippen LogP contribution in [0, 0.1) is 5.92 Å². The molecule has 1 heterocycles. The zero-order valence-electron chi connectivity index (χ0n) is 9.20. The molecular weight excluding hydrogens is 178 g/mol. The Morgan fingerprint density at radius 3 is 2.64 bits per heavy atom. The minimum Gasteiger partial charge on any atom is -0.361 e. The van der Waals surface area contributed by atoms with Crippen LogP contribution in [0.3, 0.4) is 0 Å². The number of nitrogens with zero attached hydrogens (tertiary/aromatic N) is 1. The third-order valence-electron chi connectivity index (χ3n) is 2.06. The van der Waals surface area contributed by atoms with Crippen molar-refractivity contribution in [1.29, 1.82) is 0 Å². The van der Waals surface area contributed by atoms with Gasteiger partial charge in [-0.1, -0.05) is 32.9 Å². The van der Waals surface area contributed by atoms with Gasteiger partial charge in [0, 0.05) is 23.8 Å². The molecule has 0 aromatic carbocycles. The first-order valence-electron chi connectivity index (χ1n) is 4.85. The molecule has 14 heavy (non-hydrogen) atoms. The first-order valence-corrected chi connectivity index (χ1v) is 4.85. The van der Waals surface area contributed by atoms with Crippen LogP contribution in [0.4, 0.5) is 0 Å². The van der Waals surface area contributed by atoms with Crippen molar-refractivity contribution in [2.45, 2.75) is 39.5 Å². The van der Waals surface area contributed by atoms with Gasteiger partial charge in [0.2, 0.25) is 0 Å². The summed E-state index contributed by atoms with van der Waals surface area (Å²) in [5.74, 6) is 0.874. The quantitative estimate of drug-likeness (QED) is 0.695. The summed E-state index contributed by atoms with van der Waals surface area (Å²) in [6, 6.07) is 1.93. The van der Waals surface area contributed by atoms with Crippen molar-refractivity contribution in [3.05, 3.63) is 17.5 Å². The molecule has 1 rings (SSSR count). The van der Waals surface area contributed by atoms with Gasteiger partial charge in [0.15, 0.2) is 0 Å². The van der Waals surface area contributed by atoms with Crippen LogP contribution in [-0.2, 0) is 16.6 Å². The van der Waals surface area contributed by atoms with Crippen LogP contribution in [0.2, 0.25) is 0 Å². The van der Waals surface area contributed by atoms with E-state index in [4.69, 9.17) is 4.52 Å². The summed E-state index contributed by atoms with van der Waals surface area (Å²) in [7, 11) is 0. The predicted octanol–water partition coefficient (Wildman–Crippen LogP) is 2.35. The van der Waals surface area contributed by atoms with Gasteiger partial charge in [-0.2, -0.15) is 0 Å². The summed E-state index contributed by atoms with van der Waals surface area (Å²) in [5, 5.41) is 3.94.